The Morgan fingerprint density at radius 1 is 0.946 bits per heavy atom. The van der Waals surface area contributed by atoms with Gasteiger partial charge in [0.25, 0.3) is 0 Å². The molecule has 3 rings (SSSR count). The largest absolute Gasteiger partial charge is 0.508 e. The van der Waals surface area contributed by atoms with E-state index in [1.807, 2.05) is 11.4 Å². The molecule has 1 aromatic heterocycles. The van der Waals surface area contributed by atoms with Crippen LogP contribution in [0.2, 0.25) is 0 Å². The van der Waals surface area contributed by atoms with Gasteiger partial charge in [-0.05, 0) is 49.1 Å². The second-order valence-corrected chi connectivity index (χ2v) is 9.44. The number of hydroxylamine groups is 1. The molecule has 7 N–H and O–H groups in total. The van der Waals surface area contributed by atoms with Gasteiger partial charge in [0, 0.05) is 29.5 Å². The number of hydrogen-bond donors (Lipinski definition) is 6. The Hall–Kier alpha value is -3.80. The number of carbonyl (C=O) groups is 3. The maximum atomic E-state index is 12.6. The van der Waals surface area contributed by atoms with Crippen LogP contribution in [0.25, 0.3) is 11.3 Å². The lowest BCUT2D eigenvalue weighted by Crippen LogP contribution is -2.37. The second-order valence-electron chi connectivity index (χ2n) is 8.58. The van der Waals surface area contributed by atoms with Gasteiger partial charge in [-0.3, -0.25) is 19.6 Å². The van der Waals surface area contributed by atoms with Gasteiger partial charge in [0.05, 0.1) is 11.7 Å². The Morgan fingerprint density at radius 3 is 2.35 bits per heavy atom. The molecule has 0 bridgehead atoms. The van der Waals surface area contributed by atoms with Crippen molar-refractivity contribution in [1.29, 1.82) is 0 Å². The Morgan fingerprint density at radius 2 is 1.65 bits per heavy atom. The number of phenols is 1. The number of nitrogens with one attached hydrogen (secondary N) is 3. The minimum absolute atomic E-state index is 0.127. The minimum atomic E-state index is -0.755. The van der Waals surface area contributed by atoms with E-state index in [2.05, 4.69) is 15.6 Å². The highest BCUT2D eigenvalue weighted by atomic mass is 32.1. The lowest BCUT2D eigenvalue weighted by Gasteiger charge is -2.13. The monoisotopic (exact) mass is 525 g/mol. The van der Waals surface area contributed by atoms with Crippen molar-refractivity contribution in [2.75, 3.05) is 10.6 Å². The molecule has 0 fully saturated rings. The summed E-state index contributed by atoms with van der Waals surface area (Å²) < 4.78 is 0. The van der Waals surface area contributed by atoms with E-state index >= 15 is 0 Å². The average Bonchev–Trinajstić information content (AvgIpc) is 3.35. The van der Waals surface area contributed by atoms with Crippen molar-refractivity contribution < 1.29 is 24.7 Å². The van der Waals surface area contributed by atoms with Crippen LogP contribution in [0.15, 0.2) is 53.9 Å². The number of aromatic hydroxyl groups is 1. The van der Waals surface area contributed by atoms with Gasteiger partial charge in [-0.2, -0.15) is 0 Å². The van der Waals surface area contributed by atoms with E-state index in [-0.39, 0.29) is 24.0 Å². The number of benzene rings is 2. The van der Waals surface area contributed by atoms with Crippen molar-refractivity contribution in [3.05, 3.63) is 59.5 Å². The minimum Gasteiger partial charge on any atom is -0.508 e. The van der Waals surface area contributed by atoms with Gasteiger partial charge in [0.1, 0.15) is 5.75 Å². The van der Waals surface area contributed by atoms with Crippen LogP contribution in [-0.4, -0.2) is 39.1 Å². The Labute approximate surface area is 218 Å². The molecule has 0 aliphatic rings. The number of nitrogens with zero attached hydrogens (tertiary/aromatic N) is 1. The molecule has 10 nitrogen and oxygen atoms in total. The van der Waals surface area contributed by atoms with Crippen molar-refractivity contribution in [3.8, 4) is 17.0 Å². The van der Waals surface area contributed by atoms with E-state index in [0.29, 0.717) is 42.2 Å². The topological polar surface area (TPSA) is 167 Å². The first kappa shape index (κ1) is 27.8. The van der Waals surface area contributed by atoms with Gasteiger partial charge < -0.3 is 21.5 Å². The van der Waals surface area contributed by atoms with Gasteiger partial charge in [0.2, 0.25) is 17.7 Å². The molecule has 1 unspecified atom stereocenters. The molecule has 1 heterocycles. The predicted octanol–water partition coefficient (Wildman–Crippen LogP) is 3.81. The SMILES string of the molecule is NC(Cc1ccc(O)cc1)C(=O)Nc1cccc(-c2csc(NC(=O)CCCCCCC(=O)NO)n2)c1. The summed E-state index contributed by atoms with van der Waals surface area (Å²) in [6.07, 6.45) is 3.93. The van der Waals surface area contributed by atoms with Gasteiger partial charge in [-0.25, -0.2) is 10.5 Å². The van der Waals surface area contributed by atoms with E-state index in [4.69, 9.17) is 10.9 Å². The summed E-state index contributed by atoms with van der Waals surface area (Å²) in [7, 11) is 0. The fourth-order valence-corrected chi connectivity index (χ4v) is 4.33. The van der Waals surface area contributed by atoms with Gasteiger partial charge in [-0.15, -0.1) is 11.3 Å². The molecule has 196 valence electrons. The third-order valence-electron chi connectivity index (χ3n) is 5.59. The van der Waals surface area contributed by atoms with Crippen LogP contribution < -0.4 is 21.8 Å². The fraction of sp³-hybridized carbons (Fsp3) is 0.308. The predicted molar refractivity (Wildman–Crippen MR) is 142 cm³/mol. The lowest BCUT2D eigenvalue weighted by molar-refractivity contribution is -0.129. The molecule has 0 saturated heterocycles. The molecule has 0 radical (unpaired) electrons. The summed E-state index contributed by atoms with van der Waals surface area (Å²) in [4.78, 5) is 40.2. The van der Waals surface area contributed by atoms with Crippen LogP contribution in [-0.2, 0) is 20.8 Å². The second kappa shape index (κ2) is 14.1. The van der Waals surface area contributed by atoms with Crippen LogP contribution in [0.3, 0.4) is 0 Å². The molecular weight excluding hydrogens is 494 g/mol. The molecule has 0 aliphatic carbocycles. The molecule has 0 aliphatic heterocycles. The van der Waals surface area contributed by atoms with Gasteiger partial charge in [-0.1, -0.05) is 37.1 Å². The van der Waals surface area contributed by atoms with Crippen LogP contribution in [0.1, 0.15) is 44.1 Å². The first-order valence-corrected chi connectivity index (χ1v) is 12.8. The number of amides is 3. The zero-order valence-electron chi connectivity index (χ0n) is 20.3. The number of aromatic nitrogens is 1. The van der Waals surface area contributed by atoms with Crippen molar-refractivity contribution in [1.82, 2.24) is 10.5 Å². The van der Waals surface area contributed by atoms with Crippen LogP contribution in [0.5, 0.6) is 5.75 Å². The van der Waals surface area contributed by atoms with Crippen LogP contribution >= 0.6 is 11.3 Å². The molecule has 11 heteroatoms. The lowest BCUT2D eigenvalue weighted by atomic mass is 10.1. The number of carbonyl (C=O) groups excluding carboxylic acids is 3. The Kier molecular flexibility index (Phi) is 10.6. The van der Waals surface area contributed by atoms with E-state index in [0.717, 1.165) is 24.0 Å². The number of unbranched alkanes of at least 4 members (excludes halogenated alkanes) is 3. The molecular formula is C26H31N5O5S. The van der Waals surface area contributed by atoms with Crippen molar-refractivity contribution >= 4 is 39.9 Å². The van der Waals surface area contributed by atoms with Gasteiger partial charge >= 0.3 is 0 Å². The quantitative estimate of drug-likeness (QED) is 0.112. The first-order chi connectivity index (χ1) is 17.8. The maximum absolute atomic E-state index is 12.6. The highest BCUT2D eigenvalue weighted by molar-refractivity contribution is 7.14. The summed E-state index contributed by atoms with van der Waals surface area (Å²) in [6.45, 7) is 0. The molecule has 3 amide bonds. The number of rotatable bonds is 13. The summed E-state index contributed by atoms with van der Waals surface area (Å²) >= 11 is 1.32. The number of phenolic OH excluding ortho intramolecular Hbond substituents is 1. The normalized spacial score (nSPS) is 11.5. The van der Waals surface area contributed by atoms with Crippen molar-refractivity contribution in [2.45, 2.75) is 51.0 Å². The molecule has 1 atom stereocenters. The zero-order valence-corrected chi connectivity index (χ0v) is 21.1. The molecule has 0 saturated carbocycles. The molecule has 0 spiro atoms. The van der Waals surface area contributed by atoms with Gasteiger partial charge in [0.15, 0.2) is 5.13 Å². The van der Waals surface area contributed by atoms with Crippen LogP contribution in [0.4, 0.5) is 10.8 Å². The summed E-state index contributed by atoms with van der Waals surface area (Å²) in [5.41, 5.74) is 10.5. The van der Waals surface area contributed by atoms with E-state index < -0.39 is 11.9 Å². The average molecular weight is 526 g/mol. The van der Waals surface area contributed by atoms with Crippen molar-refractivity contribution in [3.63, 3.8) is 0 Å². The zero-order chi connectivity index (χ0) is 26.6. The number of anilines is 2. The van der Waals surface area contributed by atoms with Crippen molar-refractivity contribution in [2.24, 2.45) is 5.73 Å². The van der Waals surface area contributed by atoms with E-state index in [1.165, 1.54) is 11.3 Å². The maximum Gasteiger partial charge on any atom is 0.243 e. The highest BCUT2D eigenvalue weighted by Gasteiger charge is 2.15. The number of thiazole rings is 1. The third-order valence-corrected chi connectivity index (χ3v) is 6.35. The molecule has 2 aromatic carbocycles. The number of nitrogens with two attached hydrogens (primary N) is 1. The van der Waals surface area contributed by atoms with Crippen LogP contribution in [0, 0.1) is 0 Å². The third kappa shape index (κ3) is 9.30. The summed E-state index contributed by atoms with van der Waals surface area (Å²) in [6, 6.07) is 13.0. The molecule has 3 aromatic rings. The number of hydrogen-bond acceptors (Lipinski definition) is 8. The molecule has 37 heavy (non-hydrogen) atoms. The first-order valence-electron chi connectivity index (χ1n) is 12.0. The van der Waals surface area contributed by atoms with E-state index in [9.17, 15) is 19.5 Å². The standard InChI is InChI=1S/C26H31N5O5S/c27-21(14-17-10-12-20(32)13-11-17)25(35)28-19-7-5-6-18(15-19)22-16-37-26(29-22)30-23(33)8-3-1-2-4-9-24(34)31-36/h5-7,10-13,15-16,21,32,36H,1-4,8-9,14,27H2,(H,28,35)(H,31,34)(H,29,30,33). The van der Waals surface area contributed by atoms with E-state index in [1.54, 1.807) is 47.9 Å². The summed E-state index contributed by atoms with van der Waals surface area (Å²) in [5, 5.41) is 25.8. The Bertz CT molecular complexity index is 1200. The summed E-state index contributed by atoms with van der Waals surface area (Å²) in [5.74, 6) is -0.701. The smallest absolute Gasteiger partial charge is 0.243 e. The fourth-order valence-electron chi connectivity index (χ4n) is 3.60. The Balaban J connectivity index is 1.47. The highest BCUT2D eigenvalue weighted by Crippen LogP contribution is 2.27.